The maximum Gasteiger partial charge on any atom is 0.333 e. The molecule has 0 aromatic rings. The van der Waals surface area contributed by atoms with Gasteiger partial charge in [0.1, 0.15) is 12.7 Å². The Kier molecular flexibility index (Phi) is 7.37. The van der Waals surface area contributed by atoms with Crippen molar-refractivity contribution in [3.8, 4) is 0 Å². The molecule has 3 nitrogen and oxygen atoms in total. The maximum atomic E-state index is 10.7. The molecule has 1 saturated heterocycles. The standard InChI is InChI=1S/C7H10O3.CHCl3/c1-5(2)7(8)10-4-6-3-9-6;2-1(3)4/h6H,1,3-4H2,2H3;1H. The molecule has 0 amide bonds. The molecule has 1 heterocycles. The van der Waals surface area contributed by atoms with E-state index in [-0.39, 0.29) is 12.1 Å². The molecule has 0 spiro atoms. The Hall–Kier alpha value is 0.0400. The molecule has 82 valence electrons. The van der Waals surface area contributed by atoms with Crippen LogP contribution >= 0.6 is 34.8 Å². The summed E-state index contributed by atoms with van der Waals surface area (Å²) >= 11 is 14.4. The van der Waals surface area contributed by atoms with Gasteiger partial charge in [0, 0.05) is 5.57 Å². The van der Waals surface area contributed by atoms with Crippen LogP contribution in [-0.4, -0.2) is 29.6 Å². The number of esters is 1. The van der Waals surface area contributed by atoms with E-state index in [0.29, 0.717) is 18.8 Å². The normalized spacial score (nSPS) is 18.2. The summed E-state index contributed by atoms with van der Waals surface area (Å²) in [5.74, 6) is -0.337. The van der Waals surface area contributed by atoms with Gasteiger partial charge in [-0.1, -0.05) is 41.4 Å². The Morgan fingerprint density at radius 3 is 2.36 bits per heavy atom. The summed E-state index contributed by atoms with van der Waals surface area (Å²) in [5.41, 5.74) is 0.431. The van der Waals surface area contributed by atoms with Crippen LogP contribution in [0.4, 0.5) is 0 Å². The van der Waals surface area contributed by atoms with Crippen LogP contribution in [0.1, 0.15) is 6.92 Å². The highest BCUT2D eigenvalue weighted by atomic mass is 35.6. The molecule has 1 aliphatic heterocycles. The van der Waals surface area contributed by atoms with Gasteiger partial charge < -0.3 is 9.47 Å². The second-order valence-electron chi connectivity index (χ2n) is 2.58. The van der Waals surface area contributed by atoms with Gasteiger partial charge in [0.05, 0.1) is 6.61 Å². The van der Waals surface area contributed by atoms with Gasteiger partial charge in [-0.15, -0.1) is 0 Å². The van der Waals surface area contributed by atoms with Crippen LogP contribution in [0.5, 0.6) is 0 Å². The van der Waals surface area contributed by atoms with Crippen molar-refractivity contribution < 1.29 is 14.3 Å². The lowest BCUT2D eigenvalue weighted by molar-refractivity contribution is -0.139. The molecule has 1 unspecified atom stereocenters. The third kappa shape index (κ3) is 10.1. The van der Waals surface area contributed by atoms with Crippen LogP contribution < -0.4 is 0 Å². The highest BCUT2D eigenvalue weighted by Crippen LogP contribution is 2.09. The van der Waals surface area contributed by atoms with E-state index < -0.39 is 4.30 Å². The zero-order valence-corrected chi connectivity index (χ0v) is 9.90. The van der Waals surface area contributed by atoms with Gasteiger partial charge in [-0.05, 0) is 6.92 Å². The zero-order chi connectivity index (χ0) is 11.1. The van der Waals surface area contributed by atoms with E-state index in [4.69, 9.17) is 44.3 Å². The van der Waals surface area contributed by atoms with Crippen molar-refractivity contribution in [3.05, 3.63) is 12.2 Å². The maximum absolute atomic E-state index is 10.7. The first-order valence-corrected chi connectivity index (χ1v) is 5.11. The first-order valence-electron chi connectivity index (χ1n) is 3.80. The number of carbonyl (C=O) groups is 1. The summed E-state index contributed by atoms with van der Waals surface area (Å²) in [4.78, 5) is 10.7. The number of hydrogen-bond donors (Lipinski definition) is 0. The second-order valence-corrected chi connectivity index (χ2v) is 4.56. The number of hydrogen-bond acceptors (Lipinski definition) is 3. The van der Waals surface area contributed by atoms with Gasteiger partial charge in [0.15, 0.2) is 4.30 Å². The van der Waals surface area contributed by atoms with E-state index in [2.05, 4.69) is 6.58 Å². The molecule has 0 N–H and O–H groups in total. The summed E-state index contributed by atoms with van der Waals surface area (Å²) in [6, 6.07) is 0. The van der Waals surface area contributed by atoms with Gasteiger partial charge in [-0.3, -0.25) is 0 Å². The molecule has 1 rings (SSSR count). The minimum Gasteiger partial charge on any atom is -0.459 e. The molecule has 14 heavy (non-hydrogen) atoms. The van der Waals surface area contributed by atoms with Gasteiger partial charge in [-0.2, -0.15) is 0 Å². The van der Waals surface area contributed by atoms with Crippen molar-refractivity contribution in [1.29, 1.82) is 0 Å². The lowest BCUT2D eigenvalue weighted by Crippen LogP contribution is -2.09. The van der Waals surface area contributed by atoms with Gasteiger partial charge in [0.2, 0.25) is 0 Å². The first-order chi connectivity index (χ1) is 6.43. The number of halogens is 3. The third-order valence-corrected chi connectivity index (χ3v) is 1.15. The fourth-order valence-electron chi connectivity index (χ4n) is 0.456. The lowest BCUT2D eigenvalue weighted by Gasteiger charge is -1.99. The van der Waals surface area contributed by atoms with Crippen molar-refractivity contribution >= 4 is 40.8 Å². The summed E-state index contributed by atoms with van der Waals surface area (Å²) in [5, 5.41) is 0. The van der Waals surface area contributed by atoms with Crippen LogP contribution in [0.2, 0.25) is 0 Å². The van der Waals surface area contributed by atoms with Crippen molar-refractivity contribution in [2.45, 2.75) is 17.3 Å². The summed E-state index contributed by atoms with van der Waals surface area (Å²) in [7, 11) is 0. The SMILES string of the molecule is C=C(C)C(=O)OCC1CO1.ClC(Cl)Cl. The molecule has 1 atom stereocenters. The van der Waals surface area contributed by atoms with Gasteiger partial charge >= 0.3 is 5.97 Å². The molecular weight excluding hydrogens is 250 g/mol. The molecule has 1 aliphatic rings. The van der Waals surface area contributed by atoms with E-state index in [1.165, 1.54) is 0 Å². The van der Waals surface area contributed by atoms with Crippen molar-refractivity contribution in [1.82, 2.24) is 0 Å². The zero-order valence-electron chi connectivity index (χ0n) is 7.63. The molecule has 0 aromatic heterocycles. The van der Waals surface area contributed by atoms with E-state index in [0.717, 1.165) is 0 Å². The summed E-state index contributed by atoms with van der Waals surface area (Å²) in [6.07, 6.45) is 0.142. The summed E-state index contributed by atoms with van der Waals surface area (Å²) in [6.45, 7) is 6.14. The fourth-order valence-corrected chi connectivity index (χ4v) is 0.456. The number of ether oxygens (including phenoxy) is 2. The Balaban J connectivity index is 0.000000364. The van der Waals surface area contributed by atoms with Crippen molar-refractivity contribution in [2.75, 3.05) is 13.2 Å². The number of carbonyl (C=O) groups excluding carboxylic acids is 1. The molecular formula is C8H11Cl3O3. The molecule has 0 aliphatic carbocycles. The lowest BCUT2D eigenvalue weighted by atomic mass is 10.4. The minimum absolute atomic E-state index is 0.142. The Morgan fingerprint density at radius 2 is 2.07 bits per heavy atom. The topological polar surface area (TPSA) is 38.8 Å². The van der Waals surface area contributed by atoms with Crippen LogP contribution in [0.15, 0.2) is 12.2 Å². The van der Waals surface area contributed by atoms with E-state index >= 15 is 0 Å². The molecule has 0 radical (unpaired) electrons. The molecule has 0 saturated carbocycles. The number of rotatable bonds is 3. The third-order valence-electron chi connectivity index (χ3n) is 1.15. The Bertz CT molecular complexity index is 199. The highest BCUT2D eigenvalue weighted by molar-refractivity contribution is 6.63. The summed E-state index contributed by atoms with van der Waals surface area (Å²) < 4.78 is 8.85. The average molecular weight is 262 g/mol. The monoisotopic (exact) mass is 260 g/mol. The molecule has 0 aromatic carbocycles. The van der Waals surface area contributed by atoms with Crippen LogP contribution in [-0.2, 0) is 14.3 Å². The van der Waals surface area contributed by atoms with Gasteiger partial charge in [0.25, 0.3) is 0 Å². The van der Waals surface area contributed by atoms with E-state index in [1.807, 2.05) is 0 Å². The van der Waals surface area contributed by atoms with E-state index in [9.17, 15) is 4.79 Å². The predicted molar refractivity (Wildman–Crippen MR) is 56.9 cm³/mol. The average Bonchev–Trinajstić information content (AvgIpc) is 2.81. The van der Waals surface area contributed by atoms with Gasteiger partial charge in [-0.25, -0.2) is 4.79 Å². The molecule has 0 bridgehead atoms. The quantitative estimate of drug-likeness (QED) is 0.339. The van der Waals surface area contributed by atoms with Crippen LogP contribution in [0, 0.1) is 0 Å². The number of epoxide rings is 1. The molecule has 6 heteroatoms. The second kappa shape index (κ2) is 7.35. The van der Waals surface area contributed by atoms with Crippen LogP contribution in [0.25, 0.3) is 0 Å². The Morgan fingerprint density at radius 1 is 1.64 bits per heavy atom. The van der Waals surface area contributed by atoms with E-state index in [1.54, 1.807) is 6.92 Å². The highest BCUT2D eigenvalue weighted by Gasteiger charge is 2.24. The van der Waals surface area contributed by atoms with Crippen molar-refractivity contribution in [3.63, 3.8) is 0 Å². The fraction of sp³-hybridized carbons (Fsp3) is 0.625. The largest absolute Gasteiger partial charge is 0.459 e. The minimum atomic E-state index is -0.750. The smallest absolute Gasteiger partial charge is 0.333 e. The van der Waals surface area contributed by atoms with Crippen LogP contribution in [0.3, 0.4) is 0 Å². The Labute approximate surface area is 97.9 Å². The molecule has 1 fully saturated rings. The van der Waals surface area contributed by atoms with Crippen molar-refractivity contribution in [2.24, 2.45) is 0 Å². The first kappa shape index (κ1) is 14.0. The number of alkyl halides is 3. The predicted octanol–water partition coefficient (Wildman–Crippen LogP) is 2.49.